The number of nitrogens with one attached hydrogen (secondary N) is 2. The molecule has 3 aliphatic rings. The maximum atomic E-state index is 12.9. The van der Waals surface area contributed by atoms with Crippen molar-refractivity contribution in [1.29, 1.82) is 0 Å². The first kappa shape index (κ1) is 21.9. The lowest BCUT2D eigenvalue weighted by molar-refractivity contribution is -0.140. The molecule has 174 valence electrons. The Morgan fingerprint density at radius 3 is 2.58 bits per heavy atom. The summed E-state index contributed by atoms with van der Waals surface area (Å²) in [6, 6.07) is 15.0. The molecule has 1 heterocycles. The van der Waals surface area contributed by atoms with Crippen LogP contribution in [0.3, 0.4) is 0 Å². The summed E-state index contributed by atoms with van der Waals surface area (Å²) in [7, 11) is 0. The van der Waals surface area contributed by atoms with E-state index in [2.05, 4.69) is 52.9 Å². The Morgan fingerprint density at radius 2 is 1.85 bits per heavy atom. The van der Waals surface area contributed by atoms with Crippen LogP contribution in [0, 0.1) is 0 Å². The summed E-state index contributed by atoms with van der Waals surface area (Å²) in [5, 5.41) is 6.17. The zero-order chi connectivity index (χ0) is 23.0. The Morgan fingerprint density at radius 1 is 1.12 bits per heavy atom. The zero-order valence-electron chi connectivity index (χ0n) is 19.2. The van der Waals surface area contributed by atoms with Crippen LogP contribution in [-0.2, 0) is 9.59 Å². The van der Waals surface area contributed by atoms with E-state index in [1.165, 1.54) is 16.3 Å². The third-order valence-corrected chi connectivity index (χ3v) is 7.47. The number of carbonyl (C=O) groups is 3. The summed E-state index contributed by atoms with van der Waals surface area (Å²) in [6.07, 6.45) is 6.69. The van der Waals surface area contributed by atoms with Gasteiger partial charge < -0.3 is 5.32 Å². The molecule has 5 rings (SSSR count). The lowest BCUT2D eigenvalue weighted by Gasteiger charge is -2.30. The summed E-state index contributed by atoms with van der Waals surface area (Å²) in [4.78, 5) is 40.4. The highest BCUT2D eigenvalue weighted by molar-refractivity contribution is 6.08. The molecule has 1 atom stereocenters. The number of benzene rings is 2. The molecule has 2 aromatic rings. The molecular formula is C26H32N4O3. The monoisotopic (exact) mass is 448 g/mol. The Kier molecular flexibility index (Phi) is 5.83. The van der Waals surface area contributed by atoms with Gasteiger partial charge in [0.05, 0.1) is 0 Å². The van der Waals surface area contributed by atoms with Gasteiger partial charge in [0.2, 0.25) is 5.91 Å². The molecule has 7 heteroatoms. The van der Waals surface area contributed by atoms with Crippen LogP contribution in [0.15, 0.2) is 42.5 Å². The van der Waals surface area contributed by atoms with Crippen LogP contribution >= 0.6 is 0 Å². The lowest BCUT2D eigenvalue weighted by Crippen LogP contribution is -2.51. The smallest absolute Gasteiger partial charge is 0.322 e. The largest absolute Gasteiger partial charge is 0.344 e. The molecule has 0 radical (unpaired) electrons. The number of nitrogens with zero attached hydrogens (tertiary/aromatic N) is 2. The van der Waals surface area contributed by atoms with E-state index in [9.17, 15) is 14.4 Å². The fraction of sp³-hybridized carbons (Fsp3) is 0.500. The molecule has 1 aliphatic heterocycles. The Hall–Kier alpha value is -2.93. The Labute approximate surface area is 194 Å². The van der Waals surface area contributed by atoms with Crippen LogP contribution in [0.2, 0.25) is 0 Å². The van der Waals surface area contributed by atoms with Crippen LogP contribution in [0.25, 0.3) is 10.8 Å². The van der Waals surface area contributed by atoms with E-state index in [1.54, 1.807) is 0 Å². The van der Waals surface area contributed by atoms with Gasteiger partial charge in [0.15, 0.2) is 0 Å². The maximum Gasteiger partial charge on any atom is 0.344 e. The van der Waals surface area contributed by atoms with Gasteiger partial charge in [0, 0.05) is 25.0 Å². The average molecular weight is 449 g/mol. The number of amides is 4. The van der Waals surface area contributed by atoms with Crippen molar-refractivity contribution < 1.29 is 14.4 Å². The van der Waals surface area contributed by atoms with Crippen molar-refractivity contribution in [1.82, 2.24) is 20.7 Å². The van der Waals surface area contributed by atoms with Crippen LogP contribution < -0.4 is 10.7 Å². The molecule has 3 fully saturated rings. The SMILES string of the molecule is CC(c1ccc2ccccc2c1)N(CCC(=O)NN1C(=O)NC2(CCCCC2)C1=O)C1CC1. The van der Waals surface area contributed by atoms with Gasteiger partial charge in [0.1, 0.15) is 5.54 Å². The van der Waals surface area contributed by atoms with Crippen molar-refractivity contribution in [3.05, 3.63) is 48.0 Å². The number of rotatable bonds is 7. The van der Waals surface area contributed by atoms with E-state index < -0.39 is 11.6 Å². The fourth-order valence-corrected chi connectivity index (χ4v) is 5.39. The van der Waals surface area contributed by atoms with Gasteiger partial charge in [-0.1, -0.05) is 55.7 Å². The van der Waals surface area contributed by atoms with Gasteiger partial charge in [-0.15, -0.1) is 0 Å². The molecule has 1 saturated heterocycles. The van der Waals surface area contributed by atoms with Gasteiger partial charge in [0.25, 0.3) is 5.91 Å². The molecule has 7 nitrogen and oxygen atoms in total. The van der Waals surface area contributed by atoms with Crippen LogP contribution in [0.4, 0.5) is 4.79 Å². The van der Waals surface area contributed by atoms with Gasteiger partial charge >= 0.3 is 6.03 Å². The van der Waals surface area contributed by atoms with E-state index in [0.717, 1.165) is 37.1 Å². The number of hydrogen-bond acceptors (Lipinski definition) is 4. The summed E-state index contributed by atoms with van der Waals surface area (Å²) in [5.74, 6) is -0.619. The van der Waals surface area contributed by atoms with Crippen LogP contribution in [0.1, 0.15) is 69.9 Å². The molecule has 2 aliphatic carbocycles. The van der Waals surface area contributed by atoms with Crippen molar-refractivity contribution in [3.63, 3.8) is 0 Å². The minimum absolute atomic E-state index is 0.178. The minimum Gasteiger partial charge on any atom is -0.322 e. The van der Waals surface area contributed by atoms with Gasteiger partial charge in [-0.05, 0) is 55.0 Å². The van der Waals surface area contributed by atoms with Crippen LogP contribution in [0.5, 0.6) is 0 Å². The molecule has 1 spiro atoms. The van der Waals surface area contributed by atoms with Crippen molar-refractivity contribution in [3.8, 4) is 0 Å². The molecule has 0 bridgehead atoms. The highest BCUT2D eigenvalue weighted by Crippen LogP contribution is 2.35. The molecule has 0 aromatic heterocycles. The number of hydrazine groups is 1. The predicted molar refractivity (Wildman–Crippen MR) is 126 cm³/mol. The molecule has 1 unspecified atom stereocenters. The maximum absolute atomic E-state index is 12.9. The Balaban J connectivity index is 1.22. The number of imide groups is 1. The molecule has 2 N–H and O–H groups in total. The van der Waals surface area contributed by atoms with E-state index in [0.29, 0.717) is 25.4 Å². The minimum atomic E-state index is -0.826. The average Bonchev–Trinajstić information content (AvgIpc) is 3.64. The van der Waals surface area contributed by atoms with E-state index in [1.807, 2.05) is 12.1 Å². The summed E-state index contributed by atoms with van der Waals surface area (Å²) in [6.45, 7) is 2.77. The number of carbonyl (C=O) groups excluding carboxylic acids is 3. The standard InChI is InChI=1S/C26H32N4O3/c1-18(20-10-9-19-7-3-4-8-21(19)17-20)29(22-11-12-22)16-13-23(31)28-30-24(32)26(27-25(30)33)14-5-2-6-15-26/h3-4,7-10,17-18,22H,2,5-6,11-16H2,1H3,(H,27,33)(H,28,31). The summed E-state index contributed by atoms with van der Waals surface area (Å²) in [5.41, 5.74) is 2.98. The Bertz CT molecular complexity index is 1070. The van der Waals surface area contributed by atoms with Gasteiger partial charge in [-0.3, -0.25) is 19.9 Å². The number of hydrogen-bond donors (Lipinski definition) is 2. The van der Waals surface area contributed by atoms with E-state index >= 15 is 0 Å². The lowest BCUT2D eigenvalue weighted by atomic mass is 9.82. The third kappa shape index (κ3) is 4.34. The molecule has 2 saturated carbocycles. The molecule has 4 amide bonds. The second-order valence-corrected chi connectivity index (χ2v) is 9.75. The second-order valence-electron chi connectivity index (χ2n) is 9.75. The molecule has 33 heavy (non-hydrogen) atoms. The fourth-order valence-electron chi connectivity index (χ4n) is 5.39. The topological polar surface area (TPSA) is 81.8 Å². The second kappa shape index (κ2) is 8.78. The predicted octanol–water partition coefficient (Wildman–Crippen LogP) is 4.04. The van der Waals surface area contributed by atoms with Crippen molar-refractivity contribution >= 4 is 28.6 Å². The zero-order valence-corrected chi connectivity index (χ0v) is 19.2. The van der Waals surface area contributed by atoms with E-state index in [-0.39, 0.29) is 24.3 Å². The quantitative estimate of drug-likeness (QED) is 0.627. The number of urea groups is 1. The highest BCUT2D eigenvalue weighted by Gasteiger charge is 2.52. The third-order valence-electron chi connectivity index (χ3n) is 7.47. The highest BCUT2D eigenvalue weighted by atomic mass is 16.2. The van der Waals surface area contributed by atoms with Gasteiger partial charge in [-0.25, -0.2) is 4.79 Å². The first-order valence-corrected chi connectivity index (χ1v) is 12.2. The molecular weight excluding hydrogens is 416 g/mol. The molecule has 2 aromatic carbocycles. The van der Waals surface area contributed by atoms with Crippen LogP contribution in [-0.4, -0.2) is 45.9 Å². The van der Waals surface area contributed by atoms with Crippen molar-refractivity contribution in [2.75, 3.05) is 6.54 Å². The normalized spacial score (nSPS) is 21.0. The number of fused-ring (bicyclic) bond motifs is 1. The van der Waals surface area contributed by atoms with Crippen molar-refractivity contribution in [2.45, 2.75) is 75.9 Å². The summed E-state index contributed by atoms with van der Waals surface area (Å²) < 4.78 is 0. The van der Waals surface area contributed by atoms with Gasteiger partial charge in [-0.2, -0.15) is 5.01 Å². The first-order chi connectivity index (χ1) is 16.0. The first-order valence-electron chi connectivity index (χ1n) is 12.2. The van der Waals surface area contributed by atoms with E-state index in [4.69, 9.17) is 0 Å². The van der Waals surface area contributed by atoms with Crippen molar-refractivity contribution in [2.24, 2.45) is 0 Å². The summed E-state index contributed by atoms with van der Waals surface area (Å²) >= 11 is 0.